The number of benzene rings is 2. The van der Waals surface area contributed by atoms with Crippen molar-refractivity contribution in [2.75, 3.05) is 31.1 Å². The van der Waals surface area contributed by atoms with Crippen LogP contribution in [-0.2, 0) is 10.0 Å². The molecule has 0 unspecified atom stereocenters. The number of piperazine rings is 1. The van der Waals surface area contributed by atoms with Crippen LogP contribution in [0.3, 0.4) is 0 Å². The van der Waals surface area contributed by atoms with E-state index in [1.54, 1.807) is 11.3 Å². The monoisotopic (exact) mass is 444 g/mol. The van der Waals surface area contributed by atoms with E-state index < -0.39 is 14.9 Å². The maximum atomic E-state index is 12.9. The van der Waals surface area contributed by atoms with Gasteiger partial charge in [-0.25, -0.2) is 13.4 Å². The second-order valence-electron chi connectivity index (χ2n) is 6.98. The minimum Gasteiger partial charge on any atom is -0.345 e. The fourth-order valence-electron chi connectivity index (χ4n) is 3.42. The molecule has 0 bridgehead atoms. The molecule has 0 aliphatic carbocycles. The molecule has 156 valence electrons. The summed E-state index contributed by atoms with van der Waals surface area (Å²) in [7, 11) is -3.78. The van der Waals surface area contributed by atoms with Gasteiger partial charge >= 0.3 is 0 Å². The number of nitro benzene ring substituents is 1. The summed E-state index contributed by atoms with van der Waals surface area (Å²) in [5.74, 6) is 0. The Morgan fingerprint density at radius 2 is 1.80 bits per heavy atom. The SMILES string of the molecule is Cc1ccccc1-c1csc(N2CCN(S(=O)(=O)c3cccc([N+](=O)[O-])c3)CC2)n1. The summed E-state index contributed by atoms with van der Waals surface area (Å²) in [5.41, 5.74) is 2.93. The Morgan fingerprint density at radius 3 is 2.50 bits per heavy atom. The lowest BCUT2D eigenvalue weighted by molar-refractivity contribution is -0.385. The number of nitrogens with zero attached hydrogens (tertiary/aromatic N) is 4. The smallest absolute Gasteiger partial charge is 0.270 e. The summed E-state index contributed by atoms with van der Waals surface area (Å²) in [6.07, 6.45) is 0. The molecular weight excluding hydrogens is 424 g/mol. The van der Waals surface area contributed by atoms with Crippen molar-refractivity contribution in [1.82, 2.24) is 9.29 Å². The van der Waals surface area contributed by atoms with Gasteiger partial charge in [-0.15, -0.1) is 11.3 Å². The molecule has 1 saturated heterocycles. The van der Waals surface area contributed by atoms with Crippen LogP contribution in [0.5, 0.6) is 0 Å². The number of aryl methyl sites for hydroxylation is 1. The van der Waals surface area contributed by atoms with E-state index in [9.17, 15) is 18.5 Å². The van der Waals surface area contributed by atoms with E-state index in [4.69, 9.17) is 4.98 Å². The number of thiazole rings is 1. The van der Waals surface area contributed by atoms with Gasteiger partial charge < -0.3 is 4.90 Å². The van der Waals surface area contributed by atoms with Crippen LogP contribution in [0, 0.1) is 17.0 Å². The topological polar surface area (TPSA) is 96.7 Å². The molecule has 0 saturated carbocycles. The van der Waals surface area contributed by atoms with E-state index >= 15 is 0 Å². The van der Waals surface area contributed by atoms with Gasteiger partial charge in [0, 0.05) is 49.3 Å². The summed E-state index contributed by atoms with van der Waals surface area (Å²) in [6.45, 7) is 3.66. The molecule has 1 aliphatic rings. The summed E-state index contributed by atoms with van der Waals surface area (Å²) in [4.78, 5) is 17.1. The van der Waals surface area contributed by atoms with Crippen LogP contribution in [0.25, 0.3) is 11.3 Å². The van der Waals surface area contributed by atoms with E-state index in [2.05, 4.69) is 4.90 Å². The minimum absolute atomic E-state index is 0.0544. The Balaban J connectivity index is 1.47. The van der Waals surface area contributed by atoms with Gasteiger partial charge in [0.25, 0.3) is 5.69 Å². The van der Waals surface area contributed by atoms with Crippen LogP contribution in [0.1, 0.15) is 5.56 Å². The summed E-state index contributed by atoms with van der Waals surface area (Å²) < 4.78 is 27.2. The highest BCUT2D eigenvalue weighted by Gasteiger charge is 2.30. The van der Waals surface area contributed by atoms with E-state index in [0.29, 0.717) is 26.2 Å². The zero-order chi connectivity index (χ0) is 21.3. The van der Waals surface area contributed by atoms with E-state index in [1.165, 1.54) is 22.5 Å². The molecule has 2 aromatic carbocycles. The molecule has 0 amide bonds. The second-order valence-corrected chi connectivity index (χ2v) is 9.75. The first-order chi connectivity index (χ1) is 14.4. The maximum absolute atomic E-state index is 12.9. The molecule has 10 heteroatoms. The third kappa shape index (κ3) is 3.93. The van der Waals surface area contributed by atoms with Crippen LogP contribution in [0.15, 0.2) is 58.8 Å². The Labute approximate surface area is 178 Å². The van der Waals surface area contributed by atoms with Gasteiger partial charge in [-0.3, -0.25) is 10.1 Å². The van der Waals surface area contributed by atoms with E-state index in [1.807, 2.05) is 36.6 Å². The molecule has 0 spiro atoms. The molecule has 3 aromatic rings. The average molecular weight is 445 g/mol. The van der Waals surface area contributed by atoms with Gasteiger partial charge in [0.2, 0.25) is 10.0 Å². The molecule has 0 radical (unpaired) electrons. The zero-order valence-electron chi connectivity index (χ0n) is 16.3. The van der Waals surface area contributed by atoms with Crippen molar-refractivity contribution in [3.63, 3.8) is 0 Å². The normalized spacial score (nSPS) is 15.3. The number of hydrogen-bond donors (Lipinski definition) is 0. The quantitative estimate of drug-likeness (QED) is 0.441. The fourth-order valence-corrected chi connectivity index (χ4v) is 5.76. The van der Waals surface area contributed by atoms with Gasteiger partial charge in [-0.2, -0.15) is 4.31 Å². The molecule has 0 N–H and O–H groups in total. The summed E-state index contributed by atoms with van der Waals surface area (Å²) in [5, 5.41) is 13.8. The van der Waals surface area contributed by atoms with E-state index in [-0.39, 0.29) is 10.6 Å². The first-order valence-corrected chi connectivity index (χ1v) is 11.7. The first-order valence-electron chi connectivity index (χ1n) is 9.37. The van der Waals surface area contributed by atoms with Crippen molar-refractivity contribution < 1.29 is 13.3 Å². The van der Waals surface area contributed by atoms with Crippen molar-refractivity contribution in [3.8, 4) is 11.3 Å². The predicted molar refractivity (Wildman–Crippen MR) is 116 cm³/mol. The van der Waals surface area contributed by atoms with Gasteiger partial charge in [0.05, 0.1) is 15.5 Å². The number of hydrogen-bond acceptors (Lipinski definition) is 7. The molecule has 30 heavy (non-hydrogen) atoms. The lowest BCUT2D eigenvalue weighted by Crippen LogP contribution is -2.48. The molecule has 1 aromatic heterocycles. The first kappa shape index (κ1) is 20.5. The number of sulfonamides is 1. The second kappa shape index (κ2) is 8.13. The number of nitro groups is 1. The highest BCUT2D eigenvalue weighted by molar-refractivity contribution is 7.89. The Hall–Kier alpha value is -2.82. The van der Waals surface area contributed by atoms with Gasteiger partial charge in [-0.1, -0.05) is 30.3 Å². The molecule has 0 atom stereocenters. The fraction of sp³-hybridized carbons (Fsp3) is 0.250. The molecular formula is C20H20N4O4S2. The standard InChI is InChI=1S/C20H20N4O4S2/c1-15-5-2-3-8-18(15)19-14-29-20(21-19)22-9-11-23(12-10-22)30(27,28)17-7-4-6-16(13-17)24(25)26/h2-8,13-14H,9-12H2,1H3. The lowest BCUT2D eigenvalue weighted by Gasteiger charge is -2.33. The van der Waals surface area contributed by atoms with Crippen LogP contribution < -0.4 is 4.90 Å². The van der Waals surface area contributed by atoms with Crippen molar-refractivity contribution in [1.29, 1.82) is 0 Å². The Kier molecular flexibility index (Phi) is 5.54. The van der Waals surface area contributed by atoms with Crippen molar-refractivity contribution in [2.45, 2.75) is 11.8 Å². The van der Waals surface area contributed by atoms with Crippen molar-refractivity contribution in [2.24, 2.45) is 0 Å². The zero-order valence-corrected chi connectivity index (χ0v) is 17.9. The molecule has 4 rings (SSSR count). The van der Waals surface area contributed by atoms with Crippen LogP contribution in [0.2, 0.25) is 0 Å². The highest BCUT2D eigenvalue weighted by Crippen LogP contribution is 2.30. The summed E-state index contributed by atoms with van der Waals surface area (Å²) >= 11 is 1.54. The molecule has 8 nitrogen and oxygen atoms in total. The number of aromatic nitrogens is 1. The lowest BCUT2D eigenvalue weighted by atomic mass is 10.1. The third-order valence-electron chi connectivity index (χ3n) is 5.09. The number of non-ortho nitro benzene ring substituents is 1. The molecule has 1 aliphatic heterocycles. The largest absolute Gasteiger partial charge is 0.345 e. The Morgan fingerprint density at radius 1 is 1.07 bits per heavy atom. The minimum atomic E-state index is -3.78. The van der Waals surface area contributed by atoms with Crippen LogP contribution in [-0.4, -0.2) is 48.8 Å². The van der Waals surface area contributed by atoms with E-state index in [0.717, 1.165) is 28.0 Å². The highest BCUT2D eigenvalue weighted by atomic mass is 32.2. The number of rotatable bonds is 5. The van der Waals surface area contributed by atoms with Crippen LogP contribution >= 0.6 is 11.3 Å². The molecule has 1 fully saturated rings. The summed E-state index contributed by atoms with van der Waals surface area (Å²) in [6, 6.07) is 13.2. The van der Waals surface area contributed by atoms with Gasteiger partial charge in [0.1, 0.15) is 0 Å². The van der Waals surface area contributed by atoms with Crippen LogP contribution in [0.4, 0.5) is 10.8 Å². The average Bonchev–Trinajstić information content (AvgIpc) is 3.24. The number of anilines is 1. The van der Waals surface area contributed by atoms with Gasteiger partial charge in [-0.05, 0) is 18.6 Å². The Bertz CT molecular complexity index is 1180. The predicted octanol–water partition coefficient (Wildman–Crippen LogP) is 3.54. The molecule has 2 heterocycles. The van der Waals surface area contributed by atoms with Crippen molar-refractivity contribution >= 4 is 32.2 Å². The van der Waals surface area contributed by atoms with Crippen molar-refractivity contribution in [3.05, 3.63) is 69.6 Å². The van der Waals surface area contributed by atoms with Gasteiger partial charge in [0.15, 0.2) is 5.13 Å². The third-order valence-corrected chi connectivity index (χ3v) is 7.88. The maximum Gasteiger partial charge on any atom is 0.270 e.